The molecule has 2 aromatic carbocycles. The first kappa shape index (κ1) is 18.8. The van der Waals surface area contributed by atoms with Crippen molar-refractivity contribution >= 4 is 34.2 Å². The van der Waals surface area contributed by atoms with E-state index in [2.05, 4.69) is 45.7 Å². The standard InChI is InChI=1S/C22H25ClN4O/c1-16-14-18(23)6-7-20(16)25-22(28)27-12-10-26(11-13-27)9-8-17-15-24-21-5-3-2-4-19(17)21/h2-7,14-15,24H,8-13H2,1H3,(H,25,28). The zero-order valence-corrected chi connectivity index (χ0v) is 16.8. The van der Waals surface area contributed by atoms with Crippen molar-refractivity contribution in [1.29, 1.82) is 0 Å². The van der Waals surface area contributed by atoms with E-state index in [1.54, 1.807) is 6.07 Å². The molecule has 0 bridgehead atoms. The van der Waals surface area contributed by atoms with Crippen molar-refractivity contribution in [1.82, 2.24) is 14.8 Å². The molecule has 0 radical (unpaired) electrons. The topological polar surface area (TPSA) is 51.4 Å². The van der Waals surface area contributed by atoms with Gasteiger partial charge in [0.1, 0.15) is 0 Å². The van der Waals surface area contributed by atoms with Crippen molar-refractivity contribution < 1.29 is 4.79 Å². The van der Waals surface area contributed by atoms with Crippen molar-refractivity contribution in [2.75, 3.05) is 38.0 Å². The number of anilines is 1. The Morgan fingerprint density at radius 2 is 1.93 bits per heavy atom. The molecule has 0 atom stereocenters. The van der Waals surface area contributed by atoms with Crippen molar-refractivity contribution in [3.8, 4) is 0 Å². The summed E-state index contributed by atoms with van der Waals surface area (Å²) in [7, 11) is 0. The molecule has 0 spiro atoms. The number of nitrogens with zero attached hydrogens (tertiary/aromatic N) is 2. The van der Waals surface area contributed by atoms with Gasteiger partial charge < -0.3 is 15.2 Å². The average molecular weight is 397 g/mol. The molecule has 1 saturated heterocycles. The fourth-order valence-electron chi connectivity index (χ4n) is 3.75. The van der Waals surface area contributed by atoms with Gasteiger partial charge in [-0.05, 0) is 48.7 Å². The molecular formula is C22H25ClN4O. The van der Waals surface area contributed by atoms with Gasteiger partial charge in [-0.1, -0.05) is 29.8 Å². The number of rotatable bonds is 4. The molecule has 146 valence electrons. The number of carbonyl (C=O) groups excluding carboxylic acids is 1. The number of carbonyl (C=O) groups is 1. The Labute approximate surface area is 170 Å². The number of piperazine rings is 1. The van der Waals surface area contributed by atoms with E-state index < -0.39 is 0 Å². The van der Waals surface area contributed by atoms with Crippen molar-refractivity contribution in [2.45, 2.75) is 13.3 Å². The molecule has 2 N–H and O–H groups in total. The van der Waals surface area contributed by atoms with Crippen molar-refractivity contribution in [3.05, 3.63) is 64.8 Å². The van der Waals surface area contributed by atoms with Gasteiger partial charge in [-0.3, -0.25) is 4.90 Å². The maximum absolute atomic E-state index is 12.6. The fraction of sp³-hybridized carbons (Fsp3) is 0.318. The lowest BCUT2D eigenvalue weighted by molar-refractivity contribution is 0.148. The lowest BCUT2D eigenvalue weighted by Gasteiger charge is -2.34. The van der Waals surface area contributed by atoms with Crippen LogP contribution in [0.4, 0.5) is 10.5 Å². The number of fused-ring (bicyclic) bond motifs is 1. The number of aromatic amines is 1. The number of amides is 2. The molecular weight excluding hydrogens is 372 g/mol. The SMILES string of the molecule is Cc1cc(Cl)ccc1NC(=O)N1CCN(CCc2c[nH]c3ccccc23)CC1. The lowest BCUT2D eigenvalue weighted by Crippen LogP contribution is -2.50. The van der Waals surface area contributed by atoms with E-state index in [0.717, 1.165) is 50.4 Å². The molecule has 1 aliphatic rings. The summed E-state index contributed by atoms with van der Waals surface area (Å²) in [6.07, 6.45) is 3.13. The van der Waals surface area contributed by atoms with Gasteiger partial charge in [-0.25, -0.2) is 4.79 Å². The second-order valence-corrected chi connectivity index (χ2v) is 7.76. The van der Waals surface area contributed by atoms with Crippen LogP contribution in [-0.2, 0) is 6.42 Å². The van der Waals surface area contributed by atoms with Crippen LogP contribution in [0.1, 0.15) is 11.1 Å². The zero-order valence-electron chi connectivity index (χ0n) is 16.0. The van der Waals surface area contributed by atoms with Crippen LogP contribution < -0.4 is 5.32 Å². The Hall–Kier alpha value is -2.50. The Balaban J connectivity index is 1.27. The second-order valence-electron chi connectivity index (χ2n) is 7.33. The van der Waals surface area contributed by atoms with Crippen LogP contribution in [0.2, 0.25) is 5.02 Å². The van der Waals surface area contributed by atoms with E-state index in [9.17, 15) is 4.79 Å². The van der Waals surface area contributed by atoms with Gasteiger partial charge >= 0.3 is 6.03 Å². The zero-order chi connectivity index (χ0) is 19.5. The van der Waals surface area contributed by atoms with Crippen LogP contribution in [-0.4, -0.2) is 53.5 Å². The molecule has 6 heteroatoms. The smallest absolute Gasteiger partial charge is 0.321 e. The largest absolute Gasteiger partial charge is 0.361 e. The summed E-state index contributed by atoms with van der Waals surface area (Å²) in [4.78, 5) is 20.2. The first-order valence-corrected chi connectivity index (χ1v) is 10.1. The van der Waals surface area contributed by atoms with Gasteiger partial charge in [-0.2, -0.15) is 0 Å². The Kier molecular flexibility index (Phi) is 5.55. The molecule has 5 nitrogen and oxygen atoms in total. The van der Waals surface area contributed by atoms with Gasteiger partial charge in [0.05, 0.1) is 0 Å². The fourth-order valence-corrected chi connectivity index (χ4v) is 3.98. The van der Waals surface area contributed by atoms with Gasteiger partial charge in [0.15, 0.2) is 0 Å². The maximum Gasteiger partial charge on any atom is 0.321 e. The lowest BCUT2D eigenvalue weighted by atomic mass is 10.1. The molecule has 1 aliphatic heterocycles. The normalized spacial score (nSPS) is 15.1. The highest BCUT2D eigenvalue weighted by atomic mass is 35.5. The number of halogens is 1. The van der Waals surface area contributed by atoms with Gasteiger partial charge in [0, 0.05) is 60.5 Å². The molecule has 28 heavy (non-hydrogen) atoms. The Bertz CT molecular complexity index is 976. The summed E-state index contributed by atoms with van der Waals surface area (Å²) in [5, 5.41) is 4.99. The van der Waals surface area contributed by atoms with Crippen molar-refractivity contribution in [3.63, 3.8) is 0 Å². The Morgan fingerprint density at radius 3 is 2.71 bits per heavy atom. The van der Waals surface area contributed by atoms with Gasteiger partial charge in [0.2, 0.25) is 0 Å². The van der Waals surface area contributed by atoms with Crippen LogP contribution >= 0.6 is 11.6 Å². The molecule has 1 fully saturated rings. The van der Waals surface area contributed by atoms with Crippen LogP contribution in [0, 0.1) is 6.92 Å². The number of hydrogen-bond donors (Lipinski definition) is 2. The monoisotopic (exact) mass is 396 g/mol. The summed E-state index contributed by atoms with van der Waals surface area (Å²) in [6.45, 7) is 6.24. The van der Waals surface area contributed by atoms with Crippen LogP contribution in [0.3, 0.4) is 0 Å². The van der Waals surface area contributed by atoms with E-state index >= 15 is 0 Å². The molecule has 3 aromatic rings. The van der Waals surface area contributed by atoms with Crippen LogP contribution in [0.5, 0.6) is 0 Å². The summed E-state index contributed by atoms with van der Waals surface area (Å²) in [5.41, 5.74) is 4.33. The van der Waals surface area contributed by atoms with Gasteiger partial charge in [-0.15, -0.1) is 0 Å². The van der Waals surface area contributed by atoms with E-state index in [-0.39, 0.29) is 6.03 Å². The quantitative estimate of drug-likeness (QED) is 0.681. The summed E-state index contributed by atoms with van der Waals surface area (Å²) >= 11 is 5.99. The minimum atomic E-state index is -0.0401. The molecule has 0 unspecified atom stereocenters. The number of aryl methyl sites for hydroxylation is 1. The third-order valence-electron chi connectivity index (χ3n) is 5.46. The number of aromatic nitrogens is 1. The highest BCUT2D eigenvalue weighted by Crippen LogP contribution is 2.21. The number of nitrogens with one attached hydrogen (secondary N) is 2. The molecule has 1 aromatic heterocycles. The predicted molar refractivity (Wildman–Crippen MR) is 115 cm³/mol. The van der Waals surface area contributed by atoms with E-state index in [1.165, 1.54) is 16.5 Å². The average Bonchev–Trinajstić information content (AvgIpc) is 3.12. The number of hydrogen-bond acceptors (Lipinski definition) is 2. The van der Waals surface area contributed by atoms with Crippen molar-refractivity contribution in [2.24, 2.45) is 0 Å². The second kappa shape index (κ2) is 8.25. The minimum Gasteiger partial charge on any atom is -0.361 e. The number of para-hydroxylation sites is 1. The summed E-state index contributed by atoms with van der Waals surface area (Å²) < 4.78 is 0. The molecule has 2 amide bonds. The number of benzene rings is 2. The number of urea groups is 1. The Morgan fingerprint density at radius 1 is 1.14 bits per heavy atom. The molecule has 0 aliphatic carbocycles. The third kappa shape index (κ3) is 4.16. The summed E-state index contributed by atoms with van der Waals surface area (Å²) in [6, 6.07) is 13.9. The highest BCUT2D eigenvalue weighted by molar-refractivity contribution is 6.30. The van der Waals surface area contributed by atoms with E-state index in [0.29, 0.717) is 5.02 Å². The molecule has 4 rings (SSSR count). The highest BCUT2D eigenvalue weighted by Gasteiger charge is 2.21. The predicted octanol–water partition coefficient (Wildman–Crippen LogP) is 4.52. The molecule has 0 saturated carbocycles. The van der Waals surface area contributed by atoms with Crippen LogP contribution in [0.25, 0.3) is 10.9 Å². The van der Waals surface area contributed by atoms with E-state index in [1.807, 2.05) is 24.0 Å². The van der Waals surface area contributed by atoms with E-state index in [4.69, 9.17) is 11.6 Å². The number of H-pyrrole nitrogens is 1. The van der Waals surface area contributed by atoms with Gasteiger partial charge in [0.25, 0.3) is 0 Å². The third-order valence-corrected chi connectivity index (χ3v) is 5.70. The minimum absolute atomic E-state index is 0.0401. The summed E-state index contributed by atoms with van der Waals surface area (Å²) in [5.74, 6) is 0. The van der Waals surface area contributed by atoms with Crippen LogP contribution in [0.15, 0.2) is 48.7 Å². The first-order valence-electron chi connectivity index (χ1n) is 9.69. The first-order chi connectivity index (χ1) is 13.6. The maximum atomic E-state index is 12.6. The molecule has 2 heterocycles.